The second-order valence-corrected chi connectivity index (χ2v) is 8.06. The summed E-state index contributed by atoms with van der Waals surface area (Å²) in [5.74, 6) is 0.688. The Labute approximate surface area is 170 Å². The molecule has 3 rings (SSSR count). The molecule has 0 bridgehead atoms. The first-order chi connectivity index (χ1) is 13.4. The van der Waals surface area contributed by atoms with Gasteiger partial charge in [0.15, 0.2) is 0 Å². The summed E-state index contributed by atoms with van der Waals surface area (Å²) >= 11 is 5.99. The normalized spacial score (nSPS) is 26.2. The van der Waals surface area contributed by atoms with E-state index in [2.05, 4.69) is 28.9 Å². The van der Waals surface area contributed by atoms with Crippen LogP contribution < -0.4 is 16.0 Å². The first kappa shape index (κ1) is 20.4. The second-order valence-electron chi connectivity index (χ2n) is 7.63. The predicted molar refractivity (Wildman–Crippen MR) is 108 cm³/mol. The topological polar surface area (TPSA) is 97.3 Å². The number of likely N-dealkylation sites (tertiary alicyclic amines) is 1. The lowest BCUT2D eigenvalue weighted by Crippen LogP contribution is -2.47. The molecule has 1 heterocycles. The van der Waals surface area contributed by atoms with Crippen LogP contribution >= 0.6 is 11.6 Å². The first-order valence-electron chi connectivity index (χ1n) is 9.57. The van der Waals surface area contributed by atoms with Gasteiger partial charge in [-0.1, -0.05) is 18.5 Å². The second kappa shape index (κ2) is 8.38. The average molecular weight is 404 g/mol. The molecule has 5 atom stereocenters. The zero-order valence-corrected chi connectivity index (χ0v) is 17.1. The minimum absolute atomic E-state index is 0.0473. The number of amides is 2. The van der Waals surface area contributed by atoms with Gasteiger partial charge in [0.25, 0.3) is 5.91 Å². The van der Waals surface area contributed by atoms with E-state index in [9.17, 15) is 14.9 Å². The van der Waals surface area contributed by atoms with Gasteiger partial charge in [-0.2, -0.15) is 5.26 Å². The van der Waals surface area contributed by atoms with Crippen LogP contribution in [0.25, 0.3) is 0 Å². The van der Waals surface area contributed by atoms with E-state index in [0.717, 1.165) is 6.42 Å². The van der Waals surface area contributed by atoms with Gasteiger partial charge in [0.1, 0.15) is 6.04 Å². The Kier molecular flexibility index (Phi) is 6.11. The average Bonchev–Trinajstić information content (AvgIpc) is 3.14. The van der Waals surface area contributed by atoms with Gasteiger partial charge >= 0.3 is 0 Å². The van der Waals surface area contributed by atoms with Gasteiger partial charge in [0.05, 0.1) is 18.2 Å². The Morgan fingerprint density at radius 2 is 2.18 bits per heavy atom. The highest BCUT2D eigenvalue weighted by atomic mass is 35.5. The Balaban J connectivity index is 1.48. The Hall–Kier alpha value is -2.30. The number of nitriles is 1. The van der Waals surface area contributed by atoms with Crippen LogP contribution in [0.1, 0.15) is 30.6 Å². The van der Waals surface area contributed by atoms with Crippen molar-refractivity contribution in [3.8, 4) is 6.07 Å². The van der Waals surface area contributed by atoms with Gasteiger partial charge in [-0.15, -0.1) is 0 Å². The lowest BCUT2D eigenvalue weighted by Gasteiger charge is -2.25. The fourth-order valence-corrected chi connectivity index (χ4v) is 4.23. The number of hydrogen-bond acceptors (Lipinski definition) is 5. The molecule has 2 fully saturated rings. The number of benzene rings is 1. The van der Waals surface area contributed by atoms with E-state index in [1.54, 1.807) is 30.1 Å². The van der Waals surface area contributed by atoms with Gasteiger partial charge in [-0.3, -0.25) is 9.59 Å². The SMILES string of the molecule is CNc1ccc(Cl)cc1C(=O)NC[C@@H](C)NCC(=O)N1C(C#N)CC2C(C)C21. The molecule has 8 heteroatoms. The van der Waals surface area contributed by atoms with Crippen molar-refractivity contribution in [2.45, 2.75) is 38.4 Å². The summed E-state index contributed by atoms with van der Waals surface area (Å²) in [5, 5.41) is 18.7. The summed E-state index contributed by atoms with van der Waals surface area (Å²) in [6.07, 6.45) is 0.785. The van der Waals surface area contributed by atoms with E-state index in [1.165, 1.54) is 0 Å². The van der Waals surface area contributed by atoms with E-state index in [0.29, 0.717) is 34.7 Å². The van der Waals surface area contributed by atoms with Crippen molar-refractivity contribution in [1.29, 1.82) is 5.26 Å². The zero-order chi connectivity index (χ0) is 20.4. The molecule has 0 spiro atoms. The number of carbonyl (C=O) groups is 2. The Bertz CT molecular complexity index is 808. The smallest absolute Gasteiger partial charge is 0.253 e. The largest absolute Gasteiger partial charge is 0.387 e. The third kappa shape index (κ3) is 4.08. The number of rotatable bonds is 7. The highest BCUT2D eigenvalue weighted by Gasteiger charge is 2.59. The monoisotopic (exact) mass is 403 g/mol. The molecule has 28 heavy (non-hydrogen) atoms. The minimum Gasteiger partial charge on any atom is -0.387 e. The molecule has 1 saturated heterocycles. The van der Waals surface area contributed by atoms with Gasteiger partial charge in [0, 0.05) is 36.4 Å². The number of fused-ring (bicyclic) bond motifs is 1. The molecule has 0 aromatic heterocycles. The zero-order valence-electron chi connectivity index (χ0n) is 16.3. The molecule has 7 nitrogen and oxygen atoms in total. The van der Waals surface area contributed by atoms with E-state index >= 15 is 0 Å². The molecule has 0 radical (unpaired) electrons. The predicted octanol–water partition coefficient (Wildman–Crippen LogP) is 1.85. The third-order valence-electron chi connectivity index (χ3n) is 5.77. The Morgan fingerprint density at radius 3 is 2.86 bits per heavy atom. The maximum atomic E-state index is 12.6. The van der Waals surface area contributed by atoms with E-state index in [1.807, 2.05) is 6.92 Å². The van der Waals surface area contributed by atoms with Crippen molar-refractivity contribution >= 4 is 29.1 Å². The van der Waals surface area contributed by atoms with E-state index < -0.39 is 0 Å². The van der Waals surface area contributed by atoms with Crippen molar-refractivity contribution in [2.75, 3.05) is 25.5 Å². The standard InChI is InChI=1S/C20H26ClN5O2/c1-11(9-25-20(28)16-6-13(21)4-5-17(16)23-3)24-10-18(27)26-14(8-22)7-15-12(2)19(15)26/h4-6,11-12,14-15,19,23-24H,7,9-10H2,1-3H3,(H,25,28)/t11-,12?,14?,15?,19?/m1/s1. The number of halogens is 1. The number of nitrogens with zero attached hydrogens (tertiary/aromatic N) is 2. The van der Waals surface area contributed by atoms with Crippen LogP contribution in [-0.2, 0) is 4.79 Å². The van der Waals surface area contributed by atoms with Crippen molar-refractivity contribution in [2.24, 2.45) is 11.8 Å². The number of nitrogens with one attached hydrogen (secondary N) is 3. The van der Waals surface area contributed by atoms with Crippen LogP contribution in [0.5, 0.6) is 0 Å². The highest BCUT2D eigenvalue weighted by Crippen LogP contribution is 2.52. The molecule has 1 saturated carbocycles. The molecule has 2 amide bonds. The molecule has 4 unspecified atom stereocenters. The van der Waals surface area contributed by atoms with Crippen LogP contribution in [0.4, 0.5) is 5.69 Å². The molecule has 3 N–H and O–H groups in total. The fraction of sp³-hybridized carbons (Fsp3) is 0.550. The minimum atomic E-state index is -0.307. The van der Waals surface area contributed by atoms with Crippen molar-refractivity contribution in [3.05, 3.63) is 28.8 Å². The fourth-order valence-electron chi connectivity index (χ4n) is 4.06. The number of hydrogen-bond donors (Lipinski definition) is 3. The number of anilines is 1. The molecule has 1 aromatic carbocycles. The van der Waals surface area contributed by atoms with Gasteiger partial charge < -0.3 is 20.9 Å². The van der Waals surface area contributed by atoms with Gasteiger partial charge in [-0.05, 0) is 43.4 Å². The molecule has 1 aliphatic carbocycles. The summed E-state index contributed by atoms with van der Waals surface area (Å²) < 4.78 is 0. The van der Waals surface area contributed by atoms with E-state index in [4.69, 9.17) is 11.6 Å². The third-order valence-corrected chi connectivity index (χ3v) is 6.00. The molecule has 1 aromatic rings. The van der Waals surface area contributed by atoms with Crippen molar-refractivity contribution < 1.29 is 9.59 Å². The maximum Gasteiger partial charge on any atom is 0.253 e. The van der Waals surface area contributed by atoms with E-state index in [-0.39, 0.29) is 36.5 Å². The summed E-state index contributed by atoms with van der Waals surface area (Å²) in [6.45, 7) is 4.55. The summed E-state index contributed by atoms with van der Waals surface area (Å²) in [7, 11) is 1.74. The number of piperidine rings is 1. The van der Waals surface area contributed by atoms with Crippen LogP contribution in [0.3, 0.4) is 0 Å². The van der Waals surface area contributed by atoms with Crippen LogP contribution in [0.2, 0.25) is 5.02 Å². The van der Waals surface area contributed by atoms with Crippen molar-refractivity contribution in [1.82, 2.24) is 15.5 Å². The lowest BCUT2D eigenvalue weighted by atomic mass is 10.1. The number of carbonyl (C=O) groups excluding carboxylic acids is 2. The Morgan fingerprint density at radius 1 is 1.43 bits per heavy atom. The summed E-state index contributed by atoms with van der Waals surface area (Å²) in [6, 6.07) is 7.15. The molecular weight excluding hydrogens is 378 g/mol. The van der Waals surface area contributed by atoms with Crippen LogP contribution in [-0.4, -0.2) is 55.0 Å². The van der Waals surface area contributed by atoms with Gasteiger partial charge in [-0.25, -0.2) is 0 Å². The van der Waals surface area contributed by atoms with Crippen LogP contribution in [0.15, 0.2) is 18.2 Å². The summed E-state index contributed by atoms with van der Waals surface area (Å²) in [5.41, 5.74) is 1.17. The van der Waals surface area contributed by atoms with Gasteiger partial charge in [0.2, 0.25) is 5.91 Å². The molecule has 2 aliphatic rings. The summed E-state index contributed by atoms with van der Waals surface area (Å²) in [4.78, 5) is 26.8. The van der Waals surface area contributed by atoms with Crippen LogP contribution in [0, 0.1) is 23.2 Å². The first-order valence-corrected chi connectivity index (χ1v) is 9.94. The molecule has 1 aliphatic heterocycles. The quantitative estimate of drug-likeness (QED) is 0.645. The molecular formula is C20H26ClN5O2. The lowest BCUT2D eigenvalue weighted by molar-refractivity contribution is -0.131. The maximum absolute atomic E-state index is 12.6. The van der Waals surface area contributed by atoms with Crippen molar-refractivity contribution in [3.63, 3.8) is 0 Å². The highest BCUT2D eigenvalue weighted by molar-refractivity contribution is 6.31. The molecule has 150 valence electrons.